The first-order valence-corrected chi connectivity index (χ1v) is 22.3. The van der Waals surface area contributed by atoms with E-state index in [1.165, 1.54) is 42.4 Å². The summed E-state index contributed by atoms with van der Waals surface area (Å²) >= 11 is 0. The molecule has 5 fully saturated rings. The van der Waals surface area contributed by atoms with Gasteiger partial charge in [-0.05, 0) is 146 Å². The number of hydrogen-bond acceptors (Lipinski definition) is 5. The molecule has 292 valence electrons. The number of amides is 1. The van der Waals surface area contributed by atoms with Gasteiger partial charge in [0, 0.05) is 18.6 Å². The van der Waals surface area contributed by atoms with Gasteiger partial charge in [-0.2, -0.15) is 10.6 Å². The molecule has 1 amide bonds. The van der Waals surface area contributed by atoms with Crippen LogP contribution in [-0.2, 0) is 9.59 Å². The van der Waals surface area contributed by atoms with Crippen LogP contribution in [0.25, 0.3) is 0 Å². The summed E-state index contributed by atoms with van der Waals surface area (Å²) in [6, 6.07) is 0. The van der Waals surface area contributed by atoms with Crippen molar-refractivity contribution in [1.29, 1.82) is 0 Å². The Morgan fingerprint density at radius 2 is 1.63 bits per heavy atom. The molecule has 0 spiro atoms. The number of halogens is 1. The zero-order valence-corrected chi connectivity index (χ0v) is 33.7. The molecule has 7 nitrogen and oxygen atoms in total. The highest BCUT2D eigenvalue weighted by molar-refractivity contribution is 8.24. The number of aliphatic carboxylic acids is 1. The van der Waals surface area contributed by atoms with Crippen LogP contribution in [0.15, 0.2) is 35.5 Å². The van der Waals surface area contributed by atoms with E-state index >= 15 is 0 Å². The maximum Gasteiger partial charge on any atom is 0.312 e. The van der Waals surface area contributed by atoms with Crippen LogP contribution >= 0.6 is 10.6 Å². The molecule has 0 aromatic carbocycles. The summed E-state index contributed by atoms with van der Waals surface area (Å²) in [6.07, 6.45) is 16.1. The Hall–Kier alpha value is -1.68. The van der Waals surface area contributed by atoms with Crippen LogP contribution < -0.4 is 5.32 Å². The molecular weight excluding hydrogens is 676 g/mol. The molecule has 1 saturated heterocycles. The second kappa shape index (κ2) is 12.9. The van der Waals surface area contributed by atoms with Crippen molar-refractivity contribution in [1.82, 2.24) is 10.2 Å². The number of rotatable bonds is 7. The van der Waals surface area contributed by atoms with Crippen molar-refractivity contribution in [3.8, 4) is 0 Å². The molecular formula is C43H67FN2O5S. The number of allylic oxidation sites excluding steroid dienone is 5. The minimum absolute atomic E-state index is 0.0446. The van der Waals surface area contributed by atoms with Crippen LogP contribution in [0, 0.1) is 56.7 Å². The van der Waals surface area contributed by atoms with E-state index in [0.717, 1.165) is 32.1 Å². The zero-order valence-electron chi connectivity index (χ0n) is 32.9. The fourth-order valence-corrected chi connectivity index (χ4v) is 15.7. The quantitative estimate of drug-likeness (QED) is 0.194. The number of alkyl halides is 1. The Labute approximate surface area is 314 Å². The van der Waals surface area contributed by atoms with Crippen molar-refractivity contribution in [2.45, 2.75) is 124 Å². The minimum Gasteiger partial charge on any atom is -0.481 e. The topological polar surface area (TPSA) is 110 Å². The molecule has 10 atom stereocenters. The van der Waals surface area contributed by atoms with E-state index in [4.69, 9.17) is 0 Å². The van der Waals surface area contributed by atoms with Crippen molar-refractivity contribution in [3.05, 3.63) is 35.5 Å². The van der Waals surface area contributed by atoms with Crippen LogP contribution in [0.4, 0.5) is 4.39 Å². The first kappa shape index (κ1) is 38.6. The van der Waals surface area contributed by atoms with Gasteiger partial charge in [-0.25, -0.2) is 4.39 Å². The monoisotopic (exact) mass is 742 g/mol. The van der Waals surface area contributed by atoms with Gasteiger partial charge in [0.25, 0.3) is 0 Å². The average Bonchev–Trinajstić information content (AvgIpc) is 3.48. The van der Waals surface area contributed by atoms with Gasteiger partial charge in [0.1, 0.15) is 6.67 Å². The van der Waals surface area contributed by atoms with Gasteiger partial charge in [0.15, 0.2) is 0 Å². The summed E-state index contributed by atoms with van der Waals surface area (Å²) in [7, 11) is -2.55. The minimum atomic E-state index is -2.55. The van der Waals surface area contributed by atoms with Crippen molar-refractivity contribution < 1.29 is 28.2 Å². The van der Waals surface area contributed by atoms with Gasteiger partial charge in [-0.1, -0.05) is 58.9 Å². The van der Waals surface area contributed by atoms with Gasteiger partial charge in [-0.3, -0.25) is 18.7 Å². The van der Waals surface area contributed by atoms with Crippen molar-refractivity contribution in [2.75, 3.05) is 37.8 Å². The second-order valence-corrected chi connectivity index (χ2v) is 22.4. The summed E-state index contributed by atoms with van der Waals surface area (Å²) in [5.74, 6) is 2.20. The second-order valence-electron chi connectivity index (χ2n) is 20.0. The molecule has 0 radical (unpaired) electrons. The Bertz CT molecular complexity index is 1550. The van der Waals surface area contributed by atoms with Gasteiger partial charge >= 0.3 is 5.97 Å². The lowest BCUT2D eigenvalue weighted by molar-refractivity contribution is -0.221. The summed E-state index contributed by atoms with van der Waals surface area (Å²) in [5, 5.41) is 13.7. The predicted molar refractivity (Wildman–Crippen MR) is 208 cm³/mol. The van der Waals surface area contributed by atoms with E-state index in [1.807, 2.05) is 4.90 Å². The Morgan fingerprint density at radius 3 is 2.25 bits per heavy atom. The highest BCUT2D eigenvalue weighted by Gasteiger charge is 2.70. The lowest BCUT2D eigenvalue weighted by Gasteiger charge is -2.72. The van der Waals surface area contributed by atoms with E-state index in [-0.39, 0.29) is 51.0 Å². The molecule has 52 heavy (non-hydrogen) atoms. The highest BCUT2D eigenvalue weighted by atomic mass is 32.3. The number of carbonyl (C=O) groups is 2. The van der Waals surface area contributed by atoms with Crippen molar-refractivity contribution >= 4 is 22.5 Å². The molecule has 7 rings (SSSR count). The predicted octanol–water partition coefficient (Wildman–Crippen LogP) is 9.27. The average molecular weight is 743 g/mol. The third-order valence-electron chi connectivity index (χ3n) is 17.6. The largest absolute Gasteiger partial charge is 0.481 e. The van der Waals surface area contributed by atoms with Gasteiger partial charge in [0.2, 0.25) is 5.91 Å². The number of carboxylic acid groups (broad SMARTS) is 1. The molecule has 0 bridgehead atoms. The van der Waals surface area contributed by atoms with Gasteiger partial charge in [-0.15, -0.1) is 0 Å². The Morgan fingerprint density at radius 1 is 0.923 bits per heavy atom. The van der Waals surface area contributed by atoms with E-state index < -0.39 is 28.6 Å². The first-order valence-electron chi connectivity index (χ1n) is 20.4. The zero-order chi connectivity index (χ0) is 37.7. The molecule has 4 N–H and O–H groups in total. The summed E-state index contributed by atoms with van der Waals surface area (Å²) < 4.78 is 34.2. The van der Waals surface area contributed by atoms with Crippen LogP contribution in [0.2, 0.25) is 0 Å². The van der Waals surface area contributed by atoms with Crippen LogP contribution in [0.3, 0.4) is 0 Å². The van der Waals surface area contributed by atoms with Crippen LogP contribution in [-0.4, -0.2) is 74.3 Å². The molecule has 1 heterocycles. The molecule has 0 aromatic rings. The van der Waals surface area contributed by atoms with Crippen molar-refractivity contribution in [2.24, 2.45) is 56.7 Å². The molecule has 4 saturated carbocycles. The molecule has 0 aromatic heterocycles. The van der Waals surface area contributed by atoms with Gasteiger partial charge < -0.3 is 15.3 Å². The summed E-state index contributed by atoms with van der Waals surface area (Å²) in [5.41, 5.74) is 3.04. The number of nitrogens with one attached hydrogen (secondary N) is 1. The third kappa shape index (κ3) is 5.66. The number of nitrogens with zero attached hydrogens (tertiary/aromatic N) is 1. The number of fused-ring (bicyclic) bond motifs is 7. The number of carboxylic acids is 1. The molecule has 7 aliphatic rings. The van der Waals surface area contributed by atoms with E-state index in [1.54, 1.807) is 0 Å². The van der Waals surface area contributed by atoms with E-state index in [2.05, 4.69) is 65.6 Å². The molecule has 0 unspecified atom stereocenters. The lowest BCUT2D eigenvalue weighted by atomic mass is 9.33. The smallest absolute Gasteiger partial charge is 0.312 e. The van der Waals surface area contributed by atoms with Gasteiger partial charge in [0.05, 0.1) is 23.5 Å². The van der Waals surface area contributed by atoms with E-state index in [9.17, 15) is 28.2 Å². The highest BCUT2D eigenvalue weighted by Crippen LogP contribution is 2.76. The fourth-order valence-electron chi connectivity index (χ4n) is 14.5. The maximum atomic E-state index is 14.0. The summed E-state index contributed by atoms with van der Waals surface area (Å²) in [6.45, 7) is 19.9. The van der Waals surface area contributed by atoms with E-state index in [0.29, 0.717) is 62.1 Å². The lowest BCUT2D eigenvalue weighted by Crippen LogP contribution is -2.68. The number of hydrogen-bond donors (Lipinski definition) is 4. The van der Waals surface area contributed by atoms with Crippen molar-refractivity contribution in [3.63, 3.8) is 0 Å². The van der Waals surface area contributed by atoms with Crippen LogP contribution in [0.5, 0.6) is 0 Å². The standard InChI is InChI=1S/C43H67FN2O5S/c1-28(2)30-12-19-43(45-26-35(47)46-22-24-52(50,51)25-23-46)21-20-40(6)32(36(30)43)8-9-34-39(5)15-13-31(38(3,4)33(39)14-16-41(34,40)7)29-10-17-42(27-44,18-11-29)37(48)49/h10,13,30,32-34,36,45,50-51H,1,8-9,11-12,14-27H2,2-7H3,(H,48,49)/t30-,32+,33-,34+,36+,39-,40+,41+,42-,43-/m0/s1. The Kier molecular flexibility index (Phi) is 9.61. The maximum absolute atomic E-state index is 14.0. The molecule has 9 heteroatoms. The number of carbonyl (C=O) groups excluding carboxylic acids is 1. The molecule has 1 aliphatic heterocycles. The SMILES string of the molecule is C=C(C)[C@@H]1CC[C@]2(NCC(=O)N3CCS(O)(O)CC3)CC[C@]3(C)[C@H](CC[C@@H]4[C@@]5(C)CC=C(C6=CC[C@](CF)(C(=O)O)CC6)C(C)(C)[C@@H]5CC[C@]43C)[C@@H]12. The third-order valence-corrected chi connectivity index (χ3v) is 19.3. The summed E-state index contributed by atoms with van der Waals surface area (Å²) in [4.78, 5) is 27.3. The van der Waals surface area contributed by atoms with Crippen LogP contribution in [0.1, 0.15) is 119 Å². The molecule has 6 aliphatic carbocycles. The normalized spacial score (nSPS) is 45.6. The fraction of sp³-hybridized carbons (Fsp3) is 0.814. The first-order chi connectivity index (χ1) is 24.3. The Balaban J connectivity index is 1.14.